The van der Waals surface area contributed by atoms with Crippen molar-refractivity contribution in [3.05, 3.63) is 71.3 Å². The molecule has 0 radical (unpaired) electrons. The number of aryl methyl sites for hydroxylation is 1. The smallest absolute Gasteiger partial charge is 0.264 e. The van der Waals surface area contributed by atoms with Gasteiger partial charge in [0.15, 0.2) is 0 Å². The first-order chi connectivity index (χ1) is 14.2. The van der Waals surface area contributed by atoms with Crippen LogP contribution in [0.3, 0.4) is 0 Å². The first-order valence-corrected chi connectivity index (χ1v) is 10.1. The van der Waals surface area contributed by atoms with Crippen LogP contribution in [0.5, 0.6) is 0 Å². The molecule has 0 aromatic heterocycles. The average molecular weight is 393 g/mol. The number of hydrogen-bond acceptors (Lipinski definition) is 5. The minimum absolute atomic E-state index is 0.111. The molecular weight excluding hydrogens is 366 g/mol. The Labute approximate surface area is 171 Å². The van der Waals surface area contributed by atoms with Crippen LogP contribution in [-0.2, 0) is 14.4 Å². The Balaban J connectivity index is 1.38. The van der Waals surface area contributed by atoms with Crippen molar-refractivity contribution in [1.82, 2.24) is 10.2 Å². The minimum Gasteiger partial charge on any atom is -0.382 e. The predicted octanol–water partition coefficient (Wildman–Crippen LogP) is 2.68. The molecule has 0 bridgehead atoms. The maximum atomic E-state index is 12.7. The largest absolute Gasteiger partial charge is 0.382 e. The first-order valence-electron chi connectivity index (χ1n) is 10.1. The number of morpholine rings is 1. The van der Waals surface area contributed by atoms with Crippen LogP contribution >= 0.6 is 0 Å². The van der Waals surface area contributed by atoms with Gasteiger partial charge < -0.3 is 14.9 Å². The fourth-order valence-electron chi connectivity index (χ4n) is 3.77. The number of amides is 1. The molecule has 1 amide bonds. The third-order valence-electron chi connectivity index (χ3n) is 5.49. The van der Waals surface area contributed by atoms with E-state index in [1.54, 1.807) is 0 Å². The summed E-state index contributed by atoms with van der Waals surface area (Å²) in [6.07, 6.45) is -0.0867. The number of rotatable bonds is 6. The molecule has 4 rings (SSSR count). The summed E-state index contributed by atoms with van der Waals surface area (Å²) in [4.78, 5) is 20.5. The van der Waals surface area contributed by atoms with Crippen LogP contribution in [0.25, 0.3) is 0 Å². The maximum absolute atomic E-state index is 12.7. The van der Waals surface area contributed by atoms with Gasteiger partial charge in [0, 0.05) is 26.1 Å². The monoisotopic (exact) mass is 393 g/mol. The van der Waals surface area contributed by atoms with E-state index in [0.29, 0.717) is 13.0 Å². The van der Waals surface area contributed by atoms with E-state index in [1.807, 2.05) is 30.3 Å². The van der Waals surface area contributed by atoms with Crippen LogP contribution in [0.2, 0.25) is 0 Å². The first kappa shape index (κ1) is 19.6. The van der Waals surface area contributed by atoms with Gasteiger partial charge >= 0.3 is 0 Å². The zero-order valence-electron chi connectivity index (χ0n) is 16.7. The quantitative estimate of drug-likeness (QED) is 0.820. The highest BCUT2D eigenvalue weighted by atomic mass is 16.6. The molecule has 2 heterocycles. The highest BCUT2D eigenvalue weighted by Gasteiger charge is 2.30. The molecule has 2 aliphatic heterocycles. The average Bonchev–Trinajstić information content (AvgIpc) is 3.27. The topological polar surface area (TPSA) is 63.2 Å². The molecule has 0 aliphatic carbocycles. The molecule has 2 atom stereocenters. The molecule has 1 fully saturated rings. The number of nitrogens with zero attached hydrogens (tertiary/aromatic N) is 2. The molecule has 2 aliphatic rings. The summed E-state index contributed by atoms with van der Waals surface area (Å²) in [6.45, 7) is 5.76. The van der Waals surface area contributed by atoms with Crippen LogP contribution < -0.4 is 5.32 Å². The maximum Gasteiger partial charge on any atom is 0.264 e. The van der Waals surface area contributed by atoms with Crippen LogP contribution in [0.1, 0.15) is 29.2 Å². The van der Waals surface area contributed by atoms with Crippen molar-refractivity contribution in [3.8, 4) is 0 Å². The van der Waals surface area contributed by atoms with Gasteiger partial charge in [-0.05, 0) is 18.1 Å². The molecule has 2 aromatic rings. The lowest BCUT2D eigenvalue weighted by molar-refractivity contribution is -0.131. The van der Waals surface area contributed by atoms with E-state index in [4.69, 9.17) is 9.57 Å². The molecule has 2 aromatic carbocycles. The number of carbonyl (C=O) groups excluding carboxylic acids is 1. The van der Waals surface area contributed by atoms with Crippen LogP contribution in [-0.4, -0.2) is 55.5 Å². The molecule has 6 nitrogen and oxygen atoms in total. The summed E-state index contributed by atoms with van der Waals surface area (Å²) >= 11 is 0. The highest BCUT2D eigenvalue weighted by Crippen LogP contribution is 2.22. The SMILES string of the molecule is Cc1ccc(C(CNC(=O)C2CC(c3ccccc3)=NO2)N2CCOCC2)cc1. The van der Waals surface area contributed by atoms with Gasteiger partial charge in [-0.15, -0.1) is 0 Å². The number of carbonyl (C=O) groups is 1. The van der Waals surface area contributed by atoms with Gasteiger partial charge in [-0.1, -0.05) is 65.3 Å². The van der Waals surface area contributed by atoms with Crippen molar-refractivity contribution >= 4 is 11.6 Å². The Morgan fingerprint density at radius 1 is 1.14 bits per heavy atom. The van der Waals surface area contributed by atoms with Crippen LogP contribution in [0.15, 0.2) is 59.8 Å². The molecule has 29 heavy (non-hydrogen) atoms. The van der Waals surface area contributed by atoms with Crippen molar-refractivity contribution in [1.29, 1.82) is 0 Å². The lowest BCUT2D eigenvalue weighted by Crippen LogP contribution is -2.45. The Kier molecular flexibility index (Phi) is 6.22. The number of ether oxygens (including phenoxy) is 1. The van der Waals surface area contributed by atoms with E-state index in [2.05, 4.69) is 46.6 Å². The molecule has 152 valence electrons. The zero-order chi connectivity index (χ0) is 20.1. The normalized spacial score (nSPS) is 20.6. The van der Waals surface area contributed by atoms with E-state index in [1.165, 1.54) is 11.1 Å². The summed E-state index contributed by atoms with van der Waals surface area (Å²) in [5.41, 5.74) is 4.23. The van der Waals surface area contributed by atoms with Crippen molar-refractivity contribution in [3.63, 3.8) is 0 Å². The summed E-state index contributed by atoms with van der Waals surface area (Å²) in [7, 11) is 0. The summed E-state index contributed by atoms with van der Waals surface area (Å²) in [5, 5.41) is 7.21. The van der Waals surface area contributed by atoms with Crippen LogP contribution in [0.4, 0.5) is 0 Å². The Morgan fingerprint density at radius 3 is 2.59 bits per heavy atom. The second-order valence-electron chi connectivity index (χ2n) is 7.52. The molecule has 1 saturated heterocycles. The molecule has 0 spiro atoms. The lowest BCUT2D eigenvalue weighted by atomic mass is 10.0. The molecule has 0 saturated carbocycles. The molecule has 2 unspecified atom stereocenters. The number of benzene rings is 2. The van der Waals surface area contributed by atoms with Gasteiger partial charge in [-0.3, -0.25) is 9.69 Å². The highest BCUT2D eigenvalue weighted by molar-refractivity contribution is 6.04. The molecule has 6 heteroatoms. The second-order valence-corrected chi connectivity index (χ2v) is 7.52. The van der Waals surface area contributed by atoms with Gasteiger partial charge in [0.05, 0.1) is 25.0 Å². The second kappa shape index (κ2) is 9.20. The number of hydrogen-bond donors (Lipinski definition) is 1. The van der Waals surface area contributed by atoms with Gasteiger partial charge in [0.25, 0.3) is 5.91 Å². The van der Waals surface area contributed by atoms with E-state index >= 15 is 0 Å². The zero-order valence-corrected chi connectivity index (χ0v) is 16.7. The Morgan fingerprint density at radius 2 is 1.86 bits per heavy atom. The van der Waals surface area contributed by atoms with E-state index in [-0.39, 0.29) is 11.9 Å². The fraction of sp³-hybridized carbons (Fsp3) is 0.391. The summed E-state index contributed by atoms with van der Waals surface area (Å²) in [5.74, 6) is -0.120. The Hall–Kier alpha value is -2.70. The lowest BCUT2D eigenvalue weighted by Gasteiger charge is -2.35. The Bertz CT molecular complexity index is 845. The summed E-state index contributed by atoms with van der Waals surface area (Å²) in [6, 6.07) is 18.5. The van der Waals surface area contributed by atoms with Gasteiger partial charge in [0.1, 0.15) is 0 Å². The van der Waals surface area contributed by atoms with Gasteiger partial charge in [-0.2, -0.15) is 0 Å². The number of oxime groups is 1. The fourth-order valence-corrected chi connectivity index (χ4v) is 3.77. The van der Waals surface area contributed by atoms with Crippen molar-refractivity contribution < 1.29 is 14.4 Å². The standard InChI is InChI=1S/C23H27N3O3/c1-17-7-9-19(10-8-17)21(26-11-13-28-14-12-26)16-24-23(27)22-15-20(25-29-22)18-5-3-2-4-6-18/h2-10,21-22H,11-16H2,1H3,(H,24,27). The van der Waals surface area contributed by atoms with Crippen LogP contribution in [0, 0.1) is 6.92 Å². The number of nitrogens with one attached hydrogen (secondary N) is 1. The summed E-state index contributed by atoms with van der Waals surface area (Å²) < 4.78 is 5.50. The molecule has 1 N–H and O–H groups in total. The van der Waals surface area contributed by atoms with Gasteiger partial charge in [0.2, 0.25) is 6.10 Å². The minimum atomic E-state index is -0.575. The van der Waals surface area contributed by atoms with E-state index in [9.17, 15) is 4.79 Å². The third kappa shape index (κ3) is 4.83. The van der Waals surface area contributed by atoms with E-state index < -0.39 is 6.10 Å². The van der Waals surface area contributed by atoms with Crippen molar-refractivity contribution in [2.75, 3.05) is 32.8 Å². The van der Waals surface area contributed by atoms with Gasteiger partial charge in [-0.25, -0.2) is 0 Å². The molecular formula is C23H27N3O3. The van der Waals surface area contributed by atoms with E-state index in [0.717, 1.165) is 37.6 Å². The predicted molar refractivity (Wildman–Crippen MR) is 112 cm³/mol. The van der Waals surface area contributed by atoms with Crippen molar-refractivity contribution in [2.24, 2.45) is 5.16 Å². The third-order valence-corrected chi connectivity index (χ3v) is 5.49. The van der Waals surface area contributed by atoms with Crippen molar-refractivity contribution in [2.45, 2.75) is 25.5 Å².